The summed E-state index contributed by atoms with van der Waals surface area (Å²) in [5.41, 5.74) is 0.760. The van der Waals surface area contributed by atoms with E-state index in [1.807, 2.05) is 18.2 Å². The number of amides is 1. The van der Waals surface area contributed by atoms with Crippen molar-refractivity contribution in [3.8, 4) is 0 Å². The predicted molar refractivity (Wildman–Crippen MR) is 73.5 cm³/mol. The number of hydrogen-bond acceptors (Lipinski definition) is 1. The summed E-state index contributed by atoms with van der Waals surface area (Å²) in [4.78, 5) is 11.7. The summed E-state index contributed by atoms with van der Waals surface area (Å²) in [5.74, 6) is -0.0782. The fourth-order valence-electron chi connectivity index (χ4n) is 0.862. The molecule has 0 aliphatic carbocycles. The van der Waals surface area contributed by atoms with Crippen LogP contribution in [-0.2, 0) is 4.79 Å². The number of halogens is 3. The van der Waals surface area contributed by atoms with E-state index >= 15 is 0 Å². The smallest absolute Gasteiger partial charge is 0.240 e. The molecule has 0 fully saturated rings. The Balaban J connectivity index is 2.87. The van der Waals surface area contributed by atoms with Crippen LogP contribution in [-0.4, -0.2) is 10.2 Å². The number of anilines is 1. The predicted octanol–water partition coefficient (Wildman–Crippen LogP) is 4.32. The van der Waals surface area contributed by atoms with Crippen LogP contribution in [0.3, 0.4) is 0 Å². The molecule has 0 aliphatic rings. The van der Waals surface area contributed by atoms with Gasteiger partial charge in [-0.15, -0.1) is 0 Å². The topological polar surface area (TPSA) is 29.1 Å². The average molecular weight is 400 g/mol. The Morgan fingerprint density at radius 1 is 1.33 bits per heavy atom. The van der Waals surface area contributed by atoms with Crippen molar-refractivity contribution in [1.29, 1.82) is 0 Å². The molecule has 0 aromatic heterocycles. The van der Waals surface area contributed by atoms with E-state index in [1.54, 1.807) is 13.8 Å². The molecule has 0 atom stereocenters. The van der Waals surface area contributed by atoms with Crippen LogP contribution in [0.2, 0.25) is 0 Å². The fraction of sp³-hybridized carbons (Fsp3) is 0.300. The van der Waals surface area contributed by atoms with Crippen LogP contribution in [0.4, 0.5) is 5.69 Å². The maximum absolute atomic E-state index is 11.7. The van der Waals surface area contributed by atoms with Gasteiger partial charge in [-0.2, -0.15) is 0 Å². The number of carbonyl (C=O) groups excluding carboxylic acids is 1. The molecule has 0 unspecified atom stereocenters. The lowest BCUT2D eigenvalue weighted by Gasteiger charge is -2.16. The van der Waals surface area contributed by atoms with Gasteiger partial charge >= 0.3 is 0 Å². The van der Waals surface area contributed by atoms with Gasteiger partial charge in [0, 0.05) is 8.95 Å². The zero-order valence-corrected chi connectivity index (χ0v) is 13.0. The van der Waals surface area contributed by atoms with Crippen molar-refractivity contribution < 1.29 is 4.79 Å². The van der Waals surface area contributed by atoms with Gasteiger partial charge < -0.3 is 5.32 Å². The van der Waals surface area contributed by atoms with Gasteiger partial charge in [-0.3, -0.25) is 4.79 Å². The van der Waals surface area contributed by atoms with Crippen molar-refractivity contribution in [2.45, 2.75) is 18.2 Å². The monoisotopic (exact) mass is 397 g/mol. The maximum Gasteiger partial charge on any atom is 0.240 e. The first-order chi connectivity index (χ1) is 6.80. The summed E-state index contributed by atoms with van der Waals surface area (Å²) in [6.07, 6.45) is 0. The van der Waals surface area contributed by atoms with Crippen molar-refractivity contribution in [2.24, 2.45) is 0 Å². The van der Waals surface area contributed by atoms with Crippen molar-refractivity contribution in [3.63, 3.8) is 0 Å². The highest BCUT2D eigenvalue weighted by Gasteiger charge is 2.23. The van der Waals surface area contributed by atoms with E-state index < -0.39 is 4.32 Å². The third kappa shape index (κ3) is 3.89. The Morgan fingerprint density at radius 2 is 1.93 bits per heavy atom. The molecule has 1 N–H and O–H groups in total. The molecule has 82 valence electrons. The Morgan fingerprint density at radius 3 is 2.40 bits per heavy atom. The second-order valence-corrected chi connectivity index (χ2v) is 7.30. The molecule has 2 nitrogen and oxygen atoms in total. The zero-order chi connectivity index (χ0) is 11.6. The number of alkyl halides is 1. The molecule has 0 saturated heterocycles. The number of carbonyl (C=O) groups is 1. The third-order valence-electron chi connectivity index (χ3n) is 1.72. The second kappa shape index (κ2) is 4.97. The van der Waals surface area contributed by atoms with E-state index in [-0.39, 0.29) is 5.91 Å². The minimum Gasteiger partial charge on any atom is -0.324 e. The first-order valence-electron chi connectivity index (χ1n) is 4.26. The third-order valence-corrected chi connectivity index (χ3v) is 3.23. The van der Waals surface area contributed by atoms with E-state index in [2.05, 4.69) is 53.1 Å². The van der Waals surface area contributed by atoms with E-state index in [0.717, 1.165) is 14.6 Å². The first kappa shape index (κ1) is 13.2. The molecule has 5 heteroatoms. The van der Waals surface area contributed by atoms with Gasteiger partial charge in [0.2, 0.25) is 5.91 Å². The molecule has 0 aliphatic heterocycles. The van der Waals surface area contributed by atoms with Crippen LogP contribution >= 0.6 is 47.8 Å². The number of hydrogen-bond donors (Lipinski definition) is 1. The van der Waals surface area contributed by atoms with Gasteiger partial charge in [0.25, 0.3) is 0 Å². The summed E-state index contributed by atoms with van der Waals surface area (Å²) in [6.45, 7) is 3.60. The van der Waals surface area contributed by atoms with Crippen molar-refractivity contribution in [1.82, 2.24) is 0 Å². The molecule has 15 heavy (non-hydrogen) atoms. The summed E-state index contributed by atoms with van der Waals surface area (Å²) in [7, 11) is 0. The molecule has 0 heterocycles. The molecule has 1 amide bonds. The summed E-state index contributed by atoms with van der Waals surface area (Å²) in [5, 5.41) is 2.82. The fourth-order valence-corrected chi connectivity index (χ4v) is 2.11. The summed E-state index contributed by atoms with van der Waals surface area (Å²) >= 11 is 10.0. The van der Waals surface area contributed by atoms with Crippen LogP contribution < -0.4 is 5.32 Å². The van der Waals surface area contributed by atoms with Crippen LogP contribution in [0.25, 0.3) is 0 Å². The zero-order valence-electron chi connectivity index (χ0n) is 8.27. The van der Waals surface area contributed by atoms with Crippen LogP contribution in [0.1, 0.15) is 13.8 Å². The van der Waals surface area contributed by atoms with Crippen LogP contribution in [0, 0.1) is 0 Å². The number of nitrogens with one attached hydrogen (secondary N) is 1. The van der Waals surface area contributed by atoms with E-state index in [4.69, 9.17) is 0 Å². The summed E-state index contributed by atoms with van der Waals surface area (Å²) < 4.78 is 1.24. The van der Waals surface area contributed by atoms with Gasteiger partial charge in [-0.05, 0) is 48.0 Å². The van der Waals surface area contributed by atoms with Gasteiger partial charge in [0.1, 0.15) is 0 Å². The van der Waals surface area contributed by atoms with Gasteiger partial charge in [0.05, 0.1) is 10.0 Å². The normalized spacial score (nSPS) is 11.3. The molecule has 1 aromatic carbocycles. The highest BCUT2D eigenvalue weighted by atomic mass is 79.9. The number of benzene rings is 1. The Kier molecular flexibility index (Phi) is 4.38. The molecule has 0 spiro atoms. The minimum atomic E-state index is -0.570. The lowest BCUT2D eigenvalue weighted by atomic mass is 10.2. The van der Waals surface area contributed by atoms with Crippen molar-refractivity contribution in [3.05, 3.63) is 27.1 Å². The van der Waals surface area contributed by atoms with Crippen molar-refractivity contribution >= 4 is 59.4 Å². The number of rotatable bonds is 2. The molecule has 1 rings (SSSR count). The minimum absolute atomic E-state index is 0.0782. The van der Waals surface area contributed by atoms with E-state index in [1.165, 1.54) is 0 Å². The first-order valence-corrected chi connectivity index (χ1v) is 6.64. The quantitative estimate of drug-likeness (QED) is 0.737. The Bertz CT molecular complexity index is 385. The molecule has 0 radical (unpaired) electrons. The van der Waals surface area contributed by atoms with Gasteiger partial charge in [0.15, 0.2) is 0 Å². The Labute approximate surface area is 114 Å². The maximum atomic E-state index is 11.7. The molecular weight excluding hydrogens is 390 g/mol. The largest absolute Gasteiger partial charge is 0.324 e. The van der Waals surface area contributed by atoms with Crippen LogP contribution in [0.5, 0.6) is 0 Å². The van der Waals surface area contributed by atoms with Gasteiger partial charge in [-0.25, -0.2) is 0 Å². The molecule has 1 aromatic rings. The highest BCUT2D eigenvalue weighted by Crippen LogP contribution is 2.27. The molecular formula is C10H10Br3NO. The SMILES string of the molecule is CC(C)(Br)C(=O)Nc1ccc(Br)cc1Br. The standard InChI is InChI=1S/C10H10Br3NO/c1-10(2,13)9(15)14-8-4-3-6(11)5-7(8)12/h3-5H,1-2H3,(H,14,15). The Hall–Kier alpha value is 0.130. The highest BCUT2D eigenvalue weighted by molar-refractivity contribution is 9.11. The van der Waals surface area contributed by atoms with E-state index in [9.17, 15) is 4.79 Å². The van der Waals surface area contributed by atoms with Crippen LogP contribution in [0.15, 0.2) is 27.1 Å². The van der Waals surface area contributed by atoms with E-state index in [0.29, 0.717) is 0 Å². The lowest BCUT2D eigenvalue weighted by molar-refractivity contribution is -0.117. The summed E-state index contributed by atoms with van der Waals surface area (Å²) in [6, 6.07) is 5.60. The molecule has 0 saturated carbocycles. The second-order valence-electron chi connectivity index (χ2n) is 3.55. The lowest BCUT2D eigenvalue weighted by Crippen LogP contribution is -2.31. The van der Waals surface area contributed by atoms with Crippen molar-refractivity contribution in [2.75, 3.05) is 5.32 Å². The van der Waals surface area contributed by atoms with Gasteiger partial charge in [-0.1, -0.05) is 31.9 Å². The molecule has 0 bridgehead atoms. The average Bonchev–Trinajstić information content (AvgIpc) is 2.08.